The van der Waals surface area contributed by atoms with Crippen LogP contribution in [0.2, 0.25) is 0 Å². The molecule has 2 atom stereocenters. The van der Waals surface area contributed by atoms with Gasteiger partial charge in [0.15, 0.2) is 6.10 Å². The molecule has 0 heterocycles. The molecule has 0 aliphatic carbocycles. The zero-order chi connectivity index (χ0) is 34.7. The van der Waals surface area contributed by atoms with Crippen molar-refractivity contribution in [3.8, 4) is 0 Å². The number of carbonyl (C=O) groups excluding carboxylic acids is 2. The first-order valence-corrected chi connectivity index (χ1v) is 20.9. The summed E-state index contributed by atoms with van der Waals surface area (Å²) in [7, 11) is -4.44. The van der Waals surface area contributed by atoms with Crippen molar-refractivity contribution in [3.63, 3.8) is 0 Å². The maximum Gasteiger partial charge on any atom is 0.472 e. The van der Waals surface area contributed by atoms with Gasteiger partial charge in [-0.2, -0.15) is 0 Å². The Balaban J connectivity index is 4.18. The molecule has 280 valence electrons. The van der Waals surface area contributed by atoms with Gasteiger partial charge in [-0.1, -0.05) is 168 Å². The van der Waals surface area contributed by atoms with Gasteiger partial charge in [0, 0.05) is 12.8 Å². The molecule has 0 aliphatic rings. The highest BCUT2D eigenvalue weighted by Crippen LogP contribution is 2.43. The van der Waals surface area contributed by atoms with Crippen LogP contribution in [0.15, 0.2) is 0 Å². The Morgan fingerprint density at radius 3 is 1.28 bits per heavy atom. The maximum absolute atomic E-state index is 12.5. The Morgan fingerprint density at radius 1 is 0.532 bits per heavy atom. The number of hydrogen-bond acceptors (Lipinski definition) is 8. The molecule has 0 radical (unpaired) electrons. The summed E-state index contributed by atoms with van der Waals surface area (Å²) in [5.74, 6) is -0.854. The monoisotopic (exact) mass is 692 g/mol. The lowest BCUT2D eigenvalue weighted by molar-refractivity contribution is -0.161. The van der Waals surface area contributed by atoms with Gasteiger partial charge in [0.05, 0.1) is 19.8 Å². The van der Waals surface area contributed by atoms with Crippen molar-refractivity contribution >= 4 is 19.8 Å². The van der Waals surface area contributed by atoms with Crippen LogP contribution in [0.5, 0.6) is 0 Å². The van der Waals surface area contributed by atoms with E-state index in [2.05, 4.69) is 18.4 Å². The van der Waals surface area contributed by atoms with Gasteiger partial charge >= 0.3 is 19.8 Å². The van der Waals surface area contributed by atoms with Gasteiger partial charge in [0.25, 0.3) is 0 Å². The smallest absolute Gasteiger partial charge is 0.462 e. The van der Waals surface area contributed by atoms with E-state index < -0.39 is 39.1 Å². The summed E-state index contributed by atoms with van der Waals surface area (Å²) < 4.78 is 32.4. The summed E-state index contributed by atoms with van der Waals surface area (Å²) in [6.45, 7) is 2.95. The molecule has 0 aliphatic heterocycles. The summed E-state index contributed by atoms with van der Waals surface area (Å²) in [6, 6.07) is 0. The van der Waals surface area contributed by atoms with Gasteiger partial charge in [0.1, 0.15) is 6.61 Å². The van der Waals surface area contributed by atoms with E-state index in [9.17, 15) is 19.0 Å². The molecular formula is C37H73O9P. The van der Waals surface area contributed by atoms with Gasteiger partial charge in [-0.3, -0.25) is 18.6 Å². The van der Waals surface area contributed by atoms with E-state index in [1.807, 2.05) is 0 Å². The van der Waals surface area contributed by atoms with Crippen LogP contribution >= 0.6 is 7.82 Å². The lowest BCUT2D eigenvalue weighted by Gasteiger charge is -2.19. The molecule has 0 fully saturated rings. The number of phosphoric acid groups is 1. The molecule has 0 spiro atoms. The summed E-state index contributed by atoms with van der Waals surface area (Å²) in [6.07, 6.45) is 31.0. The minimum atomic E-state index is -4.44. The van der Waals surface area contributed by atoms with Gasteiger partial charge in [-0.15, -0.1) is 0 Å². The highest BCUT2D eigenvalue weighted by Gasteiger charge is 2.26. The van der Waals surface area contributed by atoms with Crippen LogP contribution in [0, 0.1) is 0 Å². The second kappa shape index (κ2) is 34.9. The van der Waals surface area contributed by atoms with Crippen molar-refractivity contribution < 1.29 is 42.7 Å². The van der Waals surface area contributed by atoms with Crippen molar-refractivity contribution in [2.75, 3.05) is 26.4 Å². The minimum absolute atomic E-state index is 0.221. The van der Waals surface area contributed by atoms with E-state index in [0.717, 1.165) is 38.5 Å². The third-order valence-corrected chi connectivity index (χ3v) is 9.45. The lowest BCUT2D eigenvalue weighted by atomic mass is 10.0. The molecule has 47 heavy (non-hydrogen) atoms. The van der Waals surface area contributed by atoms with E-state index in [4.69, 9.17) is 19.1 Å². The summed E-state index contributed by atoms with van der Waals surface area (Å²) in [4.78, 5) is 34.6. The quantitative estimate of drug-likeness (QED) is 0.0371. The Labute approximate surface area is 288 Å². The lowest BCUT2D eigenvalue weighted by Crippen LogP contribution is -2.29. The van der Waals surface area contributed by atoms with Crippen LogP contribution in [0.3, 0.4) is 0 Å². The van der Waals surface area contributed by atoms with Crippen LogP contribution in [-0.2, 0) is 32.7 Å². The SMILES string of the molecule is CCCCCCCCCCCCCCCC(=O)OC[C@H](COP(=O)(O)OCCO)OC(=O)CCCCCCCCCCCCCCC. The summed E-state index contributed by atoms with van der Waals surface area (Å²) >= 11 is 0. The fourth-order valence-electron chi connectivity index (χ4n) is 5.56. The Bertz CT molecular complexity index is 749. The molecule has 2 N–H and O–H groups in total. The highest BCUT2D eigenvalue weighted by molar-refractivity contribution is 7.47. The van der Waals surface area contributed by atoms with E-state index >= 15 is 0 Å². The fraction of sp³-hybridized carbons (Fsp3) is 0.946. The highest BCUT2D eigenvalue weighted by atomic mass is 31.2. The average molecular weight is 693 g/mol. The standard InChI is InChI=1S/C37H73O9P/c1-3-5-7-9-11-13-15-17-19-21-23-25-27-29-36(39)43-33-35(34-45-47(41,42)44-32-31-38)46-37(40)30-28-26-24-22-20-18-16-14-12-10-8-6-4-2/h35,38H,3-34H2,1-2H3,(H,41,42)/t35-/m1/s1. The molecule has 0 aromatic rings. The first kappa shape index (κ1) is 46.0. The molecule has 0 rings (SSSR count). The van der Waals surface area contributed by atoms with Crippen molar-refractivity contribution in [2.24, 2.45) is 0 Å². The van der Waals surface area contributed by atoms with Gasteiger partial charge in [-0.05, 0) is 12.8 Å². The number of phosphoric ester groups is 1. The normalized spacial score (nSPS) is 13.4. The number of aliphatic hydroxyl groups excluding tert-OH is 1. The first-order valence-electron chi connectivity index (χ1n) is 19.4. The third kappa shape index (κ3) is 34.7. The van der Waals surface area contributed by atoms with Crippen molar-refractivity contribution in [2.45, 2.75) is 200 Å². The van der Waals surface area contributed by atoms with E-state index in [1.165, 1.54) is 122 Å². The Morgan fingerprint density at radius 2 is 0.894 bits per heavy atom. The maximum atomic E-state index is 12.5. The second-order valence-electron chi connectivity index (χ2n) is 13.1. The van der Waals surface area contributed by atoms with E-state index in [-0.39, 0.29) is 26.1 Å². The summed E-state index contributed by atoms with van der Waals surface area (Å²) in [5.41, 5.74) is 0. The van der Waals surface area contributed by atoms with Crippen LogP contribution in [0.25, 0.3) is 0 Å². The molecule has 10 heteroatoms. The number of ether oxygens (including phenoxy) is 2. The fourth-order valence-corrected chi connectivity index (χ4v) is 6.31. The number of aliphatic hydroxyl groups is 1. The molecule has 0 aromatic heterocycles. The molecule has 0 saturated carbocycles. The van der Waals surface area contributed by atoms with Crippen molar-refractivity contribution in [1.82, 2.24) is 0 Å². The zero-order valence-electron chi connectivity index (χ0n) is 30.4. The molecule has 0 aromatic carbocycles. The predicted octanol–water partition coefficient (Wildman–Crippen LogP) is 10.5. The average Bonchev–Trinajstić information content (AvgIpc) is 3.05. The van der Waals surface area contributed by atoms with Crippen LogP contribution in [0.4, 0.5) is 0 Å². The Kier molecular flexibility index (Phi) is 34.1. The van der Waals surface area contributed by atoms with E-state index in [1.54, 1.807) is 0 Å². The molecule has 0 saturated heterocycles. The first-order chi connectivity index (χ1) is 22.8. The van der Waals surface area contributed by atoms with Crippen LogP contribution < -0.4 is 0 Å². The molecular weight excluding hydrogens is 619 g/mol. The second-order valence-corrected chi connectivity index (χ2v) is 14.6. The Hall–Kier alpha value is -0.990. The number of rotatable bonds is 37. The summed E-state index contributed by atoms with van der Waals surface area (Å²) in [5, 5.41) is 8.84. The number of unbranched alkanes of at least 4 members (excludes halogenated alkanes) is 24. The largest absolute Gasteiger partial charge is 0.472 e. The molecule has 0 amide bonds. The van der Waals surface area contributed by atoms with Gasteiger partial charge < -0.3 is 19.5 Å². The van der Waals surface area contributed by atoms with Crippen molar-refractivity contribution in [3.05, 3.63) is 0 Å². The molecule has 1 unspecified atom stereocenters. The third-order valence-electron chi connectivity index (χ3n) is 8.47. The van der Waals surface area contributed by atoms with Crippen molar-refractivity contribution in [1.29, 1.82) is 0 Å². The van der Waals surface area contributed by atoms with Crippen LogP contribution in [0.1, 0.15) is 194 Å². The van der Waals surface area contributed by atoms with Gasteiger partial charge in [0.2, 0.25) is 0 Å². The minimum Gasteiger partial charge on any atom is -0.462 e. The van der Waals surface area contributed by atoms with E-state index in [0.29, 0.717) is 6.42 Å². The number of esters is 2. The topological polar surface area (TPSA) is 129 Å². The predicted molar refractivity (Wildman–Crippen MR) is 190 cm³/mol. The van der Waals surface area contributed by atoms with Crippen LogP contribution in [-0.4, -0.2) is 54.5 Å². The zero-order valence-corrected chi connectivity index (χ0v) is 31.3. The number of hydrogen-bond donors (Lipinski definition) is 2. The number of carbonyl (C=O) groups is 2. The molecule has 9 nitrogen and oxygen atoms in total. The van der Waals surface area contributed by atoms with Gasteiger partial charge in [-0.25, -0.2) is 4.57 Å². The molecule has 0 bridgehead atoms.